The van der Waals surface area contributed by atoms with Gasteiger partial charge in [0, 0.05) is 14.2 Å². The molecular weight excluding hydrogens is 269 g/mol. The molecule has 0 radical (unpaired) electrons. The van der Waals surface area contributed by atoms with Crippen LogP contribution >= 0.6 is 7.60 Å². The van der Waals surface area contributed by atoms with Crippen molar-refractivity contribution in [3.8, 4) is 0 Å². The summed E-state index contributed by atoms with van der Waals surface area (Å²) in [6.45, 7) is 9.20. The lowest BCUT2D eigenvalue weighted by atomic mass is 10.1. The van der Waals surface area contributed by atoms with Gasteiger partial charge >= 0.3 is 13.7 Å². The third-order valence-corrected chi connectivity index (χ3v) is 4.39. The Morgan fingerprint density at radius 3 is 2.00 bits per heavy atom. The first-order valence-corrected chi connectivity index (χ1v) is 7.86. The minimum Gasteiger partial charge on any atom is -0.444 e. The fourth-order valence-electron chi connectivity index (χ4n) is 1.49. The quantitative estimate of drug-likeness (QED) is 0.760. The van der Waals surface area contributed by atoms with Gasteiger partial charge in [0.2, 0.25) is 0 Å². The van der Waals surface area contributed by atoms with E-state index in [9.17, 15) is 9.36 Å². The average Bonchev–Trinajstić information content (AvgIpc) is 2.24. The standard InChI is InChI=1S/C12H26NO5P/c1-9(2)8-10(19(15,16-6)17-7)13-11(14)18-12(3,4)5/h9-10H,8H2,1-7H3,(H,13,14)/t10-/m1/s1. The molecule has 0 aliphatic heterocycles. The average molecular weight is 295 g/mol. The largest absolute Gasteiger partial charge is 0.444 e. The number of carbonyl (C=O) groups excluding carboxylic acids is 1. The number of rotatable bonds is 6. The van der Waals surface area contributed by atoms with Crippen LogP contribution in [0.2, 0.25) is 0 Å². The highest BCUT2D eigenvalue weighted by molar-refractivity contribution is 7.54. The van der Waals surface area contributed by atoms with Gasteiger partial charge < -0.3 is 19.1 Å². The third-order valence-electron chi connectivity index (χ3n) is 2.27. The van der Waals surface area contributed by atoms with E-state index in [4.69, 9.17) is 13.8 Å². The van der Waals surface area contributed by atoms with E-state index >= 15 is 0 Å². The van der Waals surface area contributed by atoms with Crippen LogP contribution in [0.3, 0.4) is 0 Å². The molecule has 0 heterocycles. The summed E-state index contributed by atoms with van der Waals surface area (Å²) in [5.41, 5.74) is -0.614. The van der Waals surface area contributed by atoms with Crippen molar-refractivity contribution in [2.75, 3.05) is 14.2 Å². The van der Waals surface area contributed by atoms with Gasteiger partial charge in [-0.3, -0.25) is 4.57 Å². The molecule has 0 aromatic heterocycles. The van der Waals surface area contributed by atoms with Gasteiger partial charge in [-0.25, -0.2) is 4.79 Å². The van der Waals surface area contributed by atoms with Crippen molar-refractivity contribution in [1.82, 2.24) is 5.32 Å². The first-order chi connectivity index (χ1) is 8.54. The molecule has 1 amide bonds. The Bertz CT molecular complexity index is 330. The summed E-state index contributed by atoms with van der Waals surface area (Å²) in [4.78, 5) is 11.8. The van der Waals surface area contributed by atoms with Gasteiger partial charge in [-0.05, 0) is 33.1 Å². The SMILES string of the molecule is COP(=O)(OC)[C@H](CC(C)C)NC(=O)OC(C)(C)C. The molecule has 7 heteroatoms. The van der Waals surface area contributed by atoms with Crippen molar-refractivity contribution in [2.45, 2.75) is 52.4 Å². The normalized spacial score (nSPS) is 14.3. The summed E-state index contributed by atoms with van der Waals surface area (Å²) in [7, 11) is -0.777. The zero-order chi connectivity index (χ0) is 15.3. The molecule has 0 aromatic carbocycles. The molecule has 0 bridgehead atoms. The summed E-state index contributed by atoms with van der Waals surface area (Å²) in [6.07, 6.45) is -0.162. The summed E-state index contributed by atoms with van der Waals surface area (Å²) < 4.78 is 27.4. The van der Waals surface area contributed by atoms with Crippen LogP contribution in [0.5, 0.6) is 0 Å². The molecular formula is C12H26NO5P. The van der Waals surface area contributed by atoms with Gasteiger partial charge in [-0.15, -0.1) is 0 Å². The molecule has 0 spiro atoms. The van der Waals surface area contributed by atoms with Crippen molar-refractivity contribution in [2.24, 2.45) is 5.92 Å². The highest BCUT2D eigenvalue weighted by Gasteiger charge is 2.36. The van der Waals surface area contributed by atoms with Crippen molar-refractivity contribution >= 4 is 13.7 Å². The van der Waals surface area contributed by atoms with Gasteiger partial charge in [-0.1, -0.05) is 13.8 Å². The van der Waals surface area contributed by atoms with Crippen molar-refractivity contribution < 1.29 is 23.1 Å². The molecule has 1 N–H and O–H groups in total. The summed E-state index contributed by atoms with van der Waals surface area (Å²) in [5, 5.41) is 2.57. The van der Waals surface area contributed by atoms with Crippen LogP contribution in [-0.2, 0) is 18.3 Å². The van der Waals surface area contributed by atoms with Crippen LogP contribution in [-0.4, -0.2) is 31.7 Å². The minimum absolute atomic E-state index is 0.221. The maximum absolute atomic E-state index is 12.4. The topological polar surface area (TPSA) is 73.9 Å². The maximum Gasteiger partial charge on any atom is 0.408 e. The van der Waals surface area contributed by atoms with E-state index < -0.39 is 25.1 Å². The maximum atomic E-state index is 12.4. The van der Waals surface area contributed by atoms with E-state index in [0.29, 0.717) is 6.42 Å². The van der Waals surface area contributed by atoms with E-state index in [0.717, 1.165) is 0 Å². The number of hydrogen-bond donors (Lipinski definition) is 1. The molecule has 1 atom stereocenters. The second kappa shape index (κ2) is 7.27. The summed E-state index contributed by atoms with van der Waals surface area (Å²) >= 11 is 0. The second-order valence-electron chi connectivity index (χ2n) is 5.70. The Kier molecular flexibility index (Phi) is 7.05. The van der Waals surface area contributed by atoms with Gasteiger partial charge in [0.1, 0.15) is 11.4 Å². The highest BCUT2D eigenvalue weighted by Crippen LogP contribution is 2.52. The van der Waals surface area contributed by atoms with E-state index in [1.807, 2.05) is 13.8 Å². The minimum atomic E-state index is -3.38. The lowest BCUT2D eigenvalue weighted by Gasteiger charge is -2.28. The molecule has 0 unspecified atom stereocenters. The predicted octanol–water partition coefficient (Wildman–Crippen LogP) is 3.37. The molecule has 0 aliphatic rings. The van der Waals surface area contributed by atoms with Crippen LogP contribution in [0.4, 0.5) is 4.79 Å². The Hall–Kier alpha value is -0.580. The Morgan fingerprint density at radius 2 is 1.68 bits per heavy atom. The molecule has 0 aliphatic carbocycles. The van der Waals surface area contributed by atoms with Gasteiger partial charge in [0.15, 0.2) is 0 Å². The van der Waals surface area contributed by atoms with Crippen molar-refractivity contribution in [3.05, 3.63) is 0 Å². The number of hydrogen-bond acceptors (Lipinski definition) is 5. The van der Waals surface area contributed by atoms with Gasteiger partial charge in [0.25, 0.3) is 0 Å². The van der Waals surface area contributed by atoms with Gasteiger partial charge in [0.05, 0.1) is 0 Å². The molecule has 0 fully saturated rings. The van der Waals surface area contributed by atoms with E-state index in [-0.39, 0.29) is 5.92 Å². The molecule has 0 saturated heterocycles. The lowest BCUT2D eigenvalue weighted by Crippen LogP contribution is -2.40. The second-order valence-corrected chi connectivity index (χ2v) is 8.13. The van der Waals surface area contributed by atoms with E-state index in [1.54, 1.807) is 20.8 Å². The lowest BCUT2D eigenvalue weighted by molar-refractivity contribution is 0.0507. The fraction of sp³-hybridized carbons (Fsp3) is 0.917. The predicted molar refractivity (Wildman–Crippen MR) is 74.2 cm³/mol. The molecule has 0 rings (SSSR count). The van der Waals surface area contributed by atoms with Crippen molar-refractivity contribution in [1.29, 1.82) is 0 Å². The fourth-order valence-corrected chi connectivity index (χ4v) is 3.09. The van der Waals surface area contributed by atoms with Gasteiger partial charge in [-0.2, -0.15) is 0 Å². The highest BCUT2D eigenvalue weighted by atomic mass is 31.2. The number of amides is 1. The number of carbonyl (C=O) groups is 1. The number of ether oxygens (including phenoxy) is 1. The Balaban J connectivity index is 4.88. The molecule has 6 nitrogen and oxygen atoms in total. The summed E-state index contributed by atoms with van der Waals surface area (Å²) in [6, 6.07) is 0. The van der Waals surface area contributed by atoms with Crippen LogP contribution in [0.15, 0.2) is 0 Å². The van der Waals surface area contributed by atoms with E-state index in [2.05, 4.69) is 5.32 Å². The van der Waals surface area contributed by atoms with Crippen molar-refractivity contribution in [3.63, 3.8) is 0 Å². The van der Waals surface area contributed by atoms with E-state index in [1.165, 1.54) is 14.2 Å². The number of nitrogens with one attached hydrogen (secondary N) is 1. The molecule has 19 heavy (non-hydrogen) atoms. The van der Waals surface area contributed by atoms with Crippen LogP contribution in [0.1, 0.15) is 41.0 Å². The summed E-state index contributed by atoms with van der Waals surface area (Å²) in [5.74, 6) is -0.504. The first-order valence-electron chi connectivity index (χ1n) is 6.24. The third kappa shape index (κ3) is 6.95. The molecule has 0 saturated carbocycles. The molecule has 0 aromatic rings. The van der Waals surface area contributed by atoms with Crippen LogP contribution < -0.4 is 5.32 Å². The molecule has 114 valence electrons. The number of alkyl carbamates (subject to hydrolysis) is 1. The Labute approximate surface area is 115 Å². The first kappa shape index (κ1) is 18.4. The zero-order valence-electron chi connectivity index (χ0n) is 12.9. The smallest absolute Gasteiger partial charge is 0.408 e. The zero-order valence-corrected chi connectivity index (χ0v) is 13.7. The van der Waals surface area contributed by atoms with Crippen LogP contribution in [0, 0.1) is 5.92 Å². The van der Waals surface area contributed by atoms with Crippen LogP contribution in [0.25, 0.3) is 0 Å². The monoisotopic (exact) mass is 295 g/mol. The Morgan fingerprint density at radius 1 is 1.21 bits per heavy atom.